The maximum Gasteiger partial charge on any atom is 0.214 e. The predicted octanol–water partition coefficient (Wildman–Crippen LogP) is 4.59. The summed E-state index contributed by atoms with van der Waals surface area (Å²) in [7, 11) is 0. The number of β-amino-alcohol motifs (C(OH)–C–C–N with tert-alkyl or cyclic N) is 1. The lowest BCUT2D eigenvalue weighted by Crippen LogP contribution is -2.47. The number of imidazole rings is 1. The molecule has 0 spiro atoms. The van der Waals surface area contributed by atoms with Gasteiger partial charge in [0, 0.05) is 55.0 Å². The first-order valence-corrected chi connectivity index (χ1v) is 14.3. The Morgan fingerprint density at radius 3 is 2.46 bits per heavy atom. The number of fused-ring (bicyclic) bond motifs is 1. The molecule has 5 aromatic rings. The minimum atomic E-state index is 0.178. The fraction of sp³-hybridized carbons (Fsp3) is 0.276. The minimum Gasteiger partial charge on any atom is -0.395 e. The van der Waals surface area contributed by atoms with Crippen molar-refractivity contribution < 1.29 is 5.11 Å². The Bertz CT molecular complexity index is 1680. The van der Waals surface area contributed by atoms with Crippen LogP contribution in [0.3, 0.4) is 0 Å². The number of benzene rings is 2. The van der Waals surface area contributed by atoms with Crippen LogP contribution in [0, 0.1) is 13.8 Å². The van der Waals surface area contributed by atoms with Gasteiger partial charge >= 0.3 is 0 Å². The van der Waals surface area contributed by atoms with Crippen LogP contribution in [0.25, 0.3) is 16.9 Å². The number of nitrogens with one attached hydrogen (secondary N) is 2. The zero-order valence-corrected chi connectivity index (χ0v) is 24.5. The van der Waals surface area contributed by atoms with Gasteiger partial charge in [0.2, 0.25) is 5.95 Å². The van der Waals surface area contributed by atoms with E-state index in [4.69, 9.17) is 4.98 Å². The fourth-order valence-corrected chi connectivity index (χ4v) is 5.49. The molecule has 0 saturated carbocycles. The van der Waals surface area contributed by atoms with Gasteiger partial charge in [-0.15, -0.1) is 0 Å². The quantitative estimate of drug-likeness (QED) is 0.229. The van der Waals surface area contributed by atoms with Crippen LogP contribution in [0.1, 0.15) is 11.4 Å². The first-order chi connectivity index (χ1) is 20.0. The van der Waals surface area contributed by atoms with Crippen LogP contribution in [-0.2, 0) is 0 Å². The first-order valence-electron chi connectivity index (χ1n) is 13.5. The van der Waals surface area contributed by atoms with E-state index in [0.717, 1.165) is 58.8 Å². The summed E-state index contributed by atoms with van der Waals surface area (Å²) >= 11 is 3.54. The van der Waals surface area contributed by atoms with Gasteiger partial charge in [0.05, 0.1) is 17.6 Å². The molecule has 0 bridgehead atoms. The Labute approximate surface area is 246 Å². The van der Waals surface area contributed by atoms with Crippen LogP contribution in [0.4, 0.5) is 29.1 Å². The molecule has 2 aromatic carbocycles. The van der Waals surface area contributed by atoms with Crippen LogP contribution in [0.5, 0.6) is 0 Å². The summed E-state index contributed by atoms with van der Waals surface area (Å²) in [6.07, 6.45) is 1.54. The largest absolute Gasteiger partial charge is 0.395 e. The number of nitrogens with zero attached hydrogens (tertiary/aromatic N) is 8. The van der Waals surface area contributed by atoms with Crippen molar-refractivity contribution in [2.75, 3.05) is 54.9 Å². The highest BCUT2D eigenvalue weighted by atomic mass is 79.9. The van der Waals surface area contributed by atoms with E-state index in [1.165, 1.54) is 6.33 Å². The number of hydrogen-bond donors (Lipinski definition) is 3. The monoisotopic (exact) mass is 614 g/mol. The number of aliphatic hydroxyl groups excluding tert-OH is 1. The van der Waals surface area contributed by atoms with Crippen molar-refractivity contribution in [1.29, 1.82) is 0 Å². The number of halogens is 1. The van der Waals surface area contributed by atoms with Gasteiger partial charge in [-0.2, -0.15) is 0 Å². The average molecular weight is 616 g/mol. The third kappa shape index (κ3) is 5.99. The normalized spacial score (nSPS) is 14.0. The van der Waals surface area contributed by atoms with E-state index >= 15 is 0 Å². The van der Waals surface area contributed by atoms with Crippen molar-refractivity contribution in [3.05, 3.63) is 76.8 Å². The van der Waals surface area contributed by atoms with Gasteiger partial charge < -0.3 is 20.6 Å². The summed E-state index contributed by atoms with van der Waals surface area (Å²) in [6, 6.07) is 17.9. The van der Waals surface area contributed by atoms with Crippen LogP contribution < -0.4 is 15.5 Å². The summed E-state index contributed by atoms with van der Waals surface area (Å²) < 4.78 is 3.01. The molecule has 1 aliphatic heterocycles. The van der Waals surface area contributed by atoms with Gasteiger partial charge in [-0.3, -0.25) is 9.47 Å². The Kier molecular flexibility index (Phi) is 7.77. The highest BCUT2D eigenvalue weighted by Gasteiger charge is 2.19. The van der Waals surface area contributed by atoms with E-state index in [1.54, 1.807) is 0 Å². The van der Waals surface area contributed by atoms with Crippen LogP contribution in [0.15, 0.2) is 65.4 Å². The van der Waals surface area contributed by atoms with Gasteiger partial charge in [0.25, 0.3) is 0 Å². The molecule has 3 aromatic heterocycles. The number of hydrogen-bond acceptors (Lipinski definition) is 10. The molecule has 41 heavy (non-hydrogen) atoms. The van der Waals surface area contributed by atoms with Crippen molar-refractivity contribution in [2.24, 2.45) is 0 Å². The number of aromatic nitrogens is 6. The molecule has 3 N–H and O–H groups in total. The van der Waals surface area contributed by atoms with E-state index in [0.29, 0.717) is 35.8 Å². The molecule has 1 fully saturated rings. The van der Waals surface area contributed by atoms with Crippen molar-refractivity contribution in [3.63, 3.8) is 0 Å². The predicted molar refractivity (Wildman–Crippen MR) is 165 cm³/mol. The highest BCUT2D eigenvalue weighted by Crippen LogP contribution is 2.29. The summed E-state index contributed by atoms with van der Waals surface area (Å²) in [5, 5.41) is 16.1. The second kappa shape index (κ2) is 11.8. The number of anilines is 5. The number of aliphatic hydroxyl groups is 1. The summed E-state index contributed by atoms with van der Waals surface area (Å²) in [5.41, 5.74) is 3.83. The van der Waals surface area contributed by atoms with E-state index < -0.39 is 0 Å². The molecule has 210 valence electrons. The van der Waals surface area contributed by atoms with Crippen molar-refractivity contribution in [3.8, 4) is 5.82 Å². The maximum atomic E-state index is 9.24. The smallest absolute Gasteiger partial charge is 0.214 e. The summed E-state index contributed by atoms with van der Waals surface area (Å²) in [4.78, 5) is 27.7. The fourth-order valence-electron chi connectivity index (χ4n) is 5.02. The molecule has 0 unspecified atom stereocenters. The SMILES string of the molecule is Cc1nc(Nc2cc(-n3c(Nc4ccc(Br)cc4C)nc4ccccc43)ncn2)cc(N2CCN(CCO)CC2)n1. The molecule has 12 heteroatoms. The Morgan fingerprint density at radius 1 is 0.854 bits per heavy atom. The molecule has 4 heterocycles. The number of piperazine rings is 1. The second-order valence-corrected chi connectivity index (χ2v) is 10.9. The van der Waals surface area contributed by atoms with E-state index in [2.05, 4.69) is 69.3 Å². The van der Waals surface area contributed by atoms with E-state index in [9.17, 15) is 5.11 Å². The van der Waals surface area contributed by atoms with Gasteiger partial charge in [0.15, 0.2) is 0 Å². The van der Waals surface area contributed by atoms with Crippen molar-refractivity contribution >= 4 is 56.1 Å². The number of para-hydroxylation sites is 2. The van der Waals surface area contributed by atoms with E-state index in [-0.39, 0.29) is 6.61 Å². The Morgan fingerprint density at radius 2 is 1.66 bits per heavy atom. The molecule has 1 saturated heterocycles. The van der Waals surface area contributed by atoms with Crippen LogP contribution >= 0.6 is 15.9 Å². The Balaban J connectivity index is 1.29. The molecule has 6 rings (SSSR count). The summed E-state index contributed by atoms with van der Waals surface area (Å²) in [5.74, 6) is 4.13. The topological polar surface area (TPSA) is 120 Å². The van der Waals surface area contributed by atoms with Gasteiger partial charge in [-0.05, 0) is 49.7 Å². The van der Waals surface area contributed by atoms with Crippen molar-refractivity contribution in [2.45, 2.75) is 13.8 Å². The lowest BCUT2D eigenvalue weighted by molar-refractivity contribution is 0.188. The number of aryl methyl sites for hydroxylation is 2. The molecule has 0 radical (unpaired) electrons. The average Bonchev–Trinajstić information content (AvgIpc) is 3.33. The van der Waals surface area contributed by atoms with Gasteiger partial charge in [0.1, 0.15) is 35.4 Å². The zero-order chi connectivity index (χ0) is 28.3. The minimum absolute atomic E-state index is 0.178. The highest BCUT2D eigenvalue weighted by molar-refractivity contribution is 9.10. The van der Waals surface area contributed by atoms with Crippen LogP contribution in [0.2, 0.25) is 0 Å². The molecular formula is C29H31BrN10O. The molecule has 1 aliphatic rings. The maximum absolute atomic E-state index is 9.24. The number of rotatable bonds is 8. The third-order valence-corrected chi connectivity index (χ3v) is 7.56. The molecule has 0 amide bonds. The molecule has 0 atom stereocenters. The standard InChI is InChI=1S/C29H31BrN10O/c1-19-15-21(30)7-8-22(19)35-29-36-23-5-3-4-6-24(23)40(29)27-16-25(31-18-32-27)37-26-17-28(34-20(2)33-26)39-11-9-38(10-12-39)13-14-41/h3-8,15-18,41H,9-14H2,1-2H3,(H,35,36)(H,31,32,33,34,37). The van der Waals surface area contributed by atoms with Crippen LogP contribution in [-0.4, -0.2) is 78.8 Å². The molecule has 11 nitrogen and oxygen atoms in total. The van der Waals surface area contributed by atoms with Gasteiger partial charge in [-0.25, -0.2) is 24.9 Å². The van der Waals surface area contributed by atoms with Gasteiger partial charge in [-0.1, -0.05) is 28.1 Å². The zero-order valence-electron chi connectivity index (χ0n) is 22.9. The summed E-state index contributed by atoms with van der Waals surface area (Å²) in [6.45, 7) is 8.28. The first kappa shape index (κ1) is 27.1. The molecular weight excluding hydrogens is 584 g/mol. The lowest BCUT2D eigenvalue weighted by atomic mass is 10.2. The second-order valence-electron chi connectivity index (χ2n) is 9.94. The van der Waals surface area contributed by atoms with E-state index in [1.807, 2.05) is 60.0 Å². The lowest BCUT2D eigenvalue weighted by Gasteiger charge is -2.35. The molecule has 0 aliphatic carbocycles. The Hall–Kier alpha value is -4.13. The third-order valence-electron chi connectivity index (χ3n) is 7.07. The van der Waals surface area contributed by atoms with Crippen molar-refractivity contribution in [1.82, 2.24) is 34.4 Å².